The number of nitrogens with zero attached hydrogens (tertiary/aromatic N) is 2. The number of aliphatic hydroxyl groups is 3. The molecule has 146 valence electrons. The van der Waals surface area contributed by atoms with Crippen LogP contribution in [0.5, 0.6) is 0 Å². The number of rotatable bonds is 5. The molecule has 4 rings (SSSR count). The van der Waals surface area contributed by atoms with Crippen molar-refractivity contribution >= 4 is 9.24 Å². The predicted octanol–water partition coefficient (Wildman–Crippen LogP) is 2.72. The summed E-state index contributed by atoms with van der Waals surface area (Å²) in [5, 5.41) is 34.3. The number of aromatic nitrogens is 2. The fourth-order valence-corrected chi connectivity index (χ4v) is 4.17. The minimum atomic E-state index is -3.53. The summed E-state index contributed by atoms with van der Waals surface area (Å²) in [7, 11) is 1.44. The molecule has 8 heteroatoms. The van der Waals surface area contributed by atoms with Gasteiger partial charge in [0.25, 0.3) is 5.66 Å². The molecule has 3 aromatic rings. The number of halogens is 2. The molecule has 0 spiro atoms. The van der Waals surface area contributed by atoms with Gasteiger partial charge in [0.15, 0.2) is 5.60 Å². The zero-order valence-electron chi connectivity index (χ0n) is 14.8. The predicted molar refractivity (Wildman–Crippen MR) is 104 cm³/mol. The first-order valence-electron chi connectivity index (χ1n) is 8.72. The smallest absolute Gasteiger partial charge is 0.295 e. The molecule has 1 aromatic heterocycles. The Balaban J connectivity index is 1.98. The molecule has 0 aliphatic heterocycles. The van der Waals surface area contributed by atoms with Gasteiger partial charge < -0.3 is 15.3 Å². The summed E-state index contributed by atoms with van der Waals surface area (Å²) >= 11 is 0. The minimum absolute atomic E-state index is 0.0464. The molecular formula is C20H19F2N2O3P. The van der Waals surface area contributed by atoms with Gasteiger partial charge in [0.1, 0.15) is 0 Å². The van der Waals surface area contributed by atoms with Crippen molar-refractivity contribution in [3.05, 3.63) is 65.5 Å². The molecule has 0 radical (unpaired) electrons. The third-order valence-electron chi connectivity index (χ3n) is 5.14. The lowest BCUT2D eigenvalue weighted by atomic mass is 9.88. The molecule has 0 fully saturated rings. The Kier molecular flexibility index (Phi) is 4.59. The van der Waals surface area contributed by atoms with E-state index in [1.807, 2.05) is 0 Å². The van der Waals surface area contributed by atoms with E-state index in [9.17, 15) is 19.0 Å². The van der Waals surface area contributed by atoms with Crippen molar-refractivity contribution in [1.29, 1.82) is 0 Å². The Morgan fingerprint density at radius 1 is 1.11 bits per heavy atom. The molecule has 28 heavy (non-hydrogen) atoms. The van der Waals surface area contributed by atoms with E-state index in [-0.39, 0.29) is 24.3 Å². The SMILES string of the molecule is OCCn1cc(-c2cc(CO)c3c(c2)C(O)(C(F)(F)P)c2ccccc2-3)cn1. The Morgan fingerprint density at radius 2 is 1.86 bits per heavy atom. The molecule has 2 aromatic carbocycles. The van der Waals surface area contributed by atoms with E-state index < -0.39 is 11.3 Å². The highest BCUT2D eigenvalue weighted by molar-refractivity contribution is 7.18. The molecular weight excluding hydrogens is 385 g/mol. The van der Waals surface area contributed by atoms with Gasteiger partial charge in [-0.25, -0.2) is 0 Å². The monoisotopic (exact) mass is 404 g/mol. The van der Waals surface area contributed by atoms with Gasteiger partial charge in [0.2, 0.25) is 0 Å². The quantitative estimate of drug-likeness (QED) is 0.572. The first kappa shape index (κ1) is 19.2. The first-order valence-corrected chi connectivity index (χ1v) is 9.30. The van der Waals surface area contributed by atoms with E-state index in [1.54, 1.807) is 36.7 Å². The third kappa shape index (κ3) is 2.70. The summed E-state index contributed by atoms with van der Waals surface area (Å²) in [5.74, 6) is 0. The van der Waals surface area contributed by atoms with Gasteiger partial charge >= 0.3 is 0 Å². The average molecular weight is 404 g/mol. The average Bonchev–Trinajstić information content (AvgIpc) is 3.24. The zero-order valence-corrected chi connectivity index (χ0v) is 16.0. The van der Waals surface area contributed by atoms with Crippen molar-refractivity contribution < 1.29 is 24.1 Å². The van der Waals surface area contributed by atoms with Crippen molar-refractivity contribution in [3.63, 3.8) is 0 Å². The van der Waals surface area contributed by atoms with Crippen LogP contribution in [-0.2, 0) is 18.8 Å². The van der Waals surface area contributed by atoms with Crippen LogP contribution in [0.4, 0.5) is 8.78 Å². The highest BCUT2D eigenvalue weighted by Gasteiger charge is 2.57. The van der Waals surface area contributed by atoms with Crippen LogP contribution in [0.2, 0.25) is 0 Å². The van der Waals surface area contributed by atoms with Gasteiger partial charge in [-0.1, -0.05) is 33.5 Å². The first-order chi connectivity index (χ1) is 13.3. The summed E-state index contributed by atoms with van der Waals surface area (Å²) in [5.41, 5.74) is -3.38. The number of alkyl halides is 2. The van der Waals surface area contributed by atoms with Crippen LogP contribution < -0.4 is 0 Å². The normalized spacial score (nSPS) is 18.2. The van der Waals surface area contributed by atoms with Crippen LogP contribution in [0.15, 0.2) is 48.8 Å². The van der Waals surface area contributed by atoms with Crippen LogP contribution in [0.1, 0.15) is 16.7 Å². The fraction of sp³-hybridized carbons (Fsp3) is 0.250. The van der Waals surface area contributed by atoms with E-state index in [0.29, 0.717) is 34.4 Å². The van der Waals surface area contributed by atoms with E-state index >= 15 is 0 Å². The Hall–Kier alpha value is -2.18. The second-order valence-corrected chi connectivity index (χ2v) is 7.54. The van der Waals surface area contributed by atoms with Gasteiger partial charge in [-0.2, -0.15) is 13.9 Å². The summed E-state index contributed by atoms with van der Waals surface area (Å²) in [6.45, 7) is -0.147. The van der Waals surface area contributed by atoms with Crippen LogP contribution in [0.3, 0.4) is 0 Å². The standard InChI is InChI=1S/C20H19F2N2O3P/c21-20(22,28)19(27)16-4-2-1-3-15(16)18-13(11-26)7-12(8-17(18)19)14-9-23-24(10-14)5-6-25/h1-4,7-10,25-27H,5-6,11,28H2. The van der Waals surface area contributed by atoms with Crippen molar-refractivity contribution in [2.75, 3.05) is 6.61 Å². The number of fused-ring (bicyclic) bond motifs is 3. The van der Waals surface area contributed by atoms with Crippen LogP contribution in [0, 0.1) is 0 Å². The highest BCUT2D eigenvalue weighted by atomic mass is 31.0. The van der Waals surface area contributed by atoms with Crippen LogP contribution in [0.25, 0.3) is 22.3 Å². The van der Waals surface area contributed by atoms with Crippen molar-refractivity contribution in [1.82, 2.24) is 9.78 Å². The maximum atomic E-state index is 14.6. The van der Waals surface area contributed by atoms with Gasteiger partial charge in [0, 0.05) is 22.9 Å². The summed E-state index contributed by atoms with van der Waals surface area (Å²) in [4.78, 5) is 0. The molecule has 0 amide bonds. The zero-order chi connectivity index (χ0) is 20.1. The van der Waals surface area contributed by atoms with E-state index in [2.05, 4.69) is 5.10 Å². The van der Waals surface area contributed by atoms with E-state index in [4.69, 9.17) is 5.11 Å². The Morgan fingerprint density at radius 3 is 2.54 bits per heavy atom. The minimum Gasteiger partial charge on any atom is -0.394 e. The van der Waals surface area contributed by atoms with Gasteiger partial charge in [-0.15, -0.1) is 0 Å². The lowest BCUT2D eigenvalue weighted by molar-refractivity contribution is -0.0964. The number of benzene rings is 2. The number of hydrogen-bond donors (Lipinski definition) is 3. The van der Waals surface area contributed by atoms with Gasteiger partial charge in [-0.3, -0.25) is 4.68 Å². The molecule has 0 saturated heterocycles. The summed E-state index contributed by atoms with van der Waals surface area (Å²) in [6, 6.07) is 9.69. The largest absolute Gasteiger partial charge is 0.394 e. The second kappa shape index (κ2) is 6.71. The van der Waals surface area contributed by atoms with Crippen molar-refractivity contribution in [3.8, 4) is 22.3 Å². The maximum absolute atomic E-state index is 14.6. The molecule has 2 atom stereocenters. The van der Waals surface area contributed by atoms with Crippen LogP contribution in [-0.4, -0.2) is 37.4 Å². The second-order valence-electron chi connectivity index (χ2n) is 6.81. The van der Waals surface area contributed by atoms with Gasteiger partial charge in [-0.05, 0) is 34.4 Å². The number of aliphatic hydroxyl groups excluding tert-OH is 2. The lowest BCUT2D eigenvalue weighted by Gasteiger charge is -2.32. The van der Waals surface area contributed by atoms with Gasteiger partial charge in [0.05, 0.1) is 26.0 Å². The number of hydrogen-bond acceptors (Lipinski definition) is 4. The molecule has 0 saturated carbocycles. The molecule has 1 aliphatic carbocycles. The molecule has 3 N–H and O–H groups in total. The molecule has 1 heterocycles. The van der Waals surface area contributed by atoms with Crippen LogP contribution >= 0.6 is 9.24 Å². The topological polar surface area (TPSA) is 78.5 Å². The third-order valence-corrected chi connectivity index (χ3v) is 5.56. The van der Waals surface area contributed by atoms with Crippen molar-refractivity contribution in [2.24, 2.45) is 0 Å². The summed E-state index contributed by atoms with van der Waals surface area (Å²) in [6.07, 6.45) is 3.23. The fourth-order valence-electron chi connectivity index (χ4n) is 3.86. The molecule has 5 nitrogen and oxygen atoms in total. The molecule has 1 aliphatic rings. The van der Waals surface area contributed by atoms with E-state index in [1.165, 1.54) is 26.1 Å². The van der Waals surface area contributed by atoms with E-state index in [0.717, 1.165) is 0 Å². The maximum Gasteiger partial charge on any atom is 0.295 e. The Labute approximate surface area is 162 Å². The molecule has 2 unspecified atom stereocenters. The van der Waals surface area contributed by atoms with Crippen molar-refractivity contribution in [2.45, 2.75) is 24.4 Å². The highest BCUT2D eigenvalue weighted by Crippen LogP contribution is 2.58. The Bertz CT molecular complexity index is 1050. The lowest BCUT2D eigenvalue weighted by Crippen LogP contribution is -2.40. The summed E-state index contributed by atoms with van der Waals surface area (Å²) < 4.78 is 30.8. The molecule has 0 bridgehead atoms.